The van der Waals surface area contributed by atoms with Gasteiger partial charge < -0.3 is 10.6 Å². The fraction of sp³-hybridized carbons (Fsp3) is 0.462. The molecule has 0 spiro atoms. The molecule has 0 saturated carbocycles. The van der Waals surface area contributed by atoms with E-state index < -0.39 is 0 Å². The number of hydrogen-bond acceptors (Lipinski definition) is 2. The minimum atomic E-state index is -0.275. The third-order valence-corrected chi connectivity index (χ3v) is 2.94. The molecule has 5 heteroatoms. The number of amides is 1. The number of benzene rings is 1. The maximum Gasteiger partial charge on any atom is 0.234 e. The maximum absolute atomic E-state index is 13.6. The highest BCUT2D eigenvalue weighted by Crippen LogP contribution is 2.21. The van der Waals surface area contributed by atoms with Crippen LogP contribution in [0.2, 0.25) is 0 Å². The highest BCUT2D eigenvalue weighted by Gasteiger charge is 2.12. The standard InChI is InChI=1S/C13H18BrFN2O/c1-8(2)17-13(18)7-16-9(3)11-6-10(14)4-5-12(11)15/h4-6,8-9,16H,7H2,1-3H3,(H,17,18). The van der Waals surface area contributed by atoms with E-state index in [4.69, 9.17) is 0 Å². The Kier molecular flexibility index (Phi) is 5.75. The van der Waals surface area contributed by atoms with Crippen LogP contribution in [0.4, 0.5) is 4.39 Å². The molecule has 2 N–H and O–H groups in total. The van der Waals surface area contributed by atoms with Crippen LogP contribution in [0.3, 0.4) is 0 Å². The first-order valence-electron chi connectivity index (χ1n) is 5.88. The molecule has 0 aromatic heterocycles. The van der Waals surface area contributed by atoms with Crippen LogP contribution in [-0.4, -0.2) is 18.5 Å². The van der Waals surface area contributed by atoms with Gasteiger partial charge in [-0.15, -0.1) is 0 Å². The summed E-state index contributed by atoms with van der Waals surface area (Å²) >= 11 is 3.30. The van der Waals surface area contributed by atoms with Crippen LogP contribution in [0.1, 0.15) is 32.4 Å². The molecule has 0 aliphatic carbocycles. The average molecular weight is 317 g/mol. The van der Waals surface area contributed by atoms with Crippen molar-refractivity contribution in [1.29, 1.82) is 0 Å². The molecule has 0 radical (unpaired) electrons. The molecular formula is C13H18BrFN2O. The van der Waals surface area contributed by atoms with Crippen molar-refractivity contribution in [2.24, 2.45) is 0 Å². The molecule has 18 heavy (non-hydrogen) atoms. The Morgan fingerprint density at radius 1 is 1.39 bits per heavy atom. The zero-order valence-corrected chi connectivity index (χ0v) is 12.3. The van der Waals surface area contributed by atoms with E-state index in [1.165, 1.54) is 6.07 Å². The largest absolute Gasteiger partial charge is 0.353 e. The number of rotatable bonds is 5. The molecule has 100 valence electrons. The van der Waals surface area contributed by atoms with Gasteiger partial charge in [0.25, 0.3) is 0 Å². The van der Waals surface area contributed by atoms with Gasteiger partial charge in [-0.25, -0.2) is 4.39 Å². The SMILES string of the molecule is CC(C)NC(=O)CNC(C)c1cc(Br)ccc1F. The Balaban J connectivity index is 2.57. The van der Waals surface area contributed by atoms with Gasteiger partial charge in [-0.2, -0.15) is 0 Å². The Morgan fingerprint density at radius 2 is 2.06 bits per heavy atom. The third kappa shape index (κ3) is 4.74. The number of hydrogen-bond donors (Lipinski definition) is 2. The summed E-state index contributed by atoms with van der Waals surface area (Å²) < 4.78 is 14.4. The van der Waals surface area contributed by atoms with Crippen molar-refractivity contribution in [1.82, 2.24) is 10.6 Å². The van der Waals surface area contributed by atoms with Gasteiger partial charge in [0.15, 0.2) is 0 Å². The van der Waals surface area contributed by atoms with Gasteiger partial charge >= 0.3 is 0 Å². The van der Waals surface area contributed by atoms with Crippen molar-refractivity contribution < 1.29 is 9.18 Å². The normalized spacial score (nSPS) is 12.6. The molecule has 0 aliphatic rings. The Morgan fingerprint density at radius 3 is 2.67 bits per heavy atom. The molecule has 1 rings (SSSR count). The van der Waals surface area contributed by atoms with Gasteiger partial charge in [0.05, 0.1) is 6.54 Å². The van der Waals surface area contributed by atoms with Crippen molar-refractivity contribution >= 4 is 21.8 Å². The summed E-state index contributed by atoms with van der Waals surface area (Å²) in [7, 11) is 0. The van der Waals surface area contributed by atoms with E-state index in [9.17, 15) is 9.18 Å². The van der Waals surface area contributed by atoms with Crippen LogP contribution >= 0.6 is 15.9 Å². The summed E-state index contributed by atoms with van der Waals surface area (Å²) in [6.07, 6.45) is 0. The second-order valence-corrected chi connectivity index (χ2v) is 5.41. The lowest BCUT2D eigenvalue weighted by molar-refractivity contribution is -0.120. The molecule has 3 nitrogen and oxygen atoms in total. The van der Waals surface area contributed by atoms with Gasteiger partial charge in [-0.1, -0.05) is 15.9 Å². The first kappa shape index (κ1) is 15.1. The van der Waals surface area contributed by atoms with Gasteiger partial charge in [0, 0.05) is 22.1 Å². The highest BCUT2D eigenvalue weighted by molar-refractivity contribution is 9.10. The molecule has 1 aromatic rings. The minimum absolute atomic E-state index is 0.0905. The average Bonchev–Trinajstić information content (AvgIpc) is 2.28. The first-order valence-corrected chi connectivity index (χ1v) is 6.67. The van der Waals surface area contributed by atoms with Gasteiger partial charge in [-0.3, -0.25) is 4.79 Å². The second-order valence-electron chi connectivity index (χ2n) is 4.49. The highest BCUT2D eigenvalue weighted by atomic mass is 79.9. The first-order chi connectivity index (χ1) is 8.40. The molecule has 0 bridgehead atoms. The van der Waals surface area contributed by atoms with Gasteiger partial charge in [0.1, 0.15) is 5.82 Å². The van der Waals surface area contributed by atoms with Gasteiger partial charge in [-0.05, 0) is 39.0 Å². The van der Waals surface area contributed by atoms with Crippen LogP contribution in [0, 0.1) is 5.82 Å². The molecule has 1 aromatic carbocycles. The summed E-state index contributed by atoms with van der Waals surface area (Å²) in [4.78, 5) is 11.5. The molecule has 0 saturated heterocycles. The van der Waals surface area contributed by atoms with E-state index in [0.717, 1.165) is 4.47 Å². The van der Waals surface area contributed by atoms with E-state index in [2.05, 4.69) is 26.6 Å². The van der Waals surface area contributed by atoms with E-state index in [1.54, 1.807) is 12.1 Å². The van der Waals surface area contributed by atoms with Gasteiger partial charge in [0.2, 0.25) is 5.91 Å². The van der Waals surface area contributed by atoms with Crippen LogP contribution in [0.25, 0.3) is 0 Å². The van der Waals surface area contributed by atoms with Crippen LogP contribution in [-0.2, 0) is 4.79 Å². The monoisotopic (exact) mass is 316 g/mol. The van der Waals surface area contributed by atoms with Crippen molar-refractivity contribution in [3.05, 3.63) is 34.1 Å². The second kappa shape index (κ2) is 6.85. The summed E-state index contributed by atoms with van der Waals surface area (Å²) in [5.74, 6) is -0.366. The molecule has 0 heterocycles. The van der Waals surface area contributed by atoms with Crippen molar-refractivity contribution in [3.63, 3.8) is 0 Å². The van der Waals surface area contributed by atoms with Crippen LogP contribution in [0.5, 0.6) is 0 Å². The Labute approximate surface area is 115 Å². The molecule has 0 fully saturated rings. The molecule has 0 aliphatic heterocycles. The van der Waals surface area contributed by atoms with E-state index in [0.29, 0.717) is 5.56 Å². The Bertz CT molecular complexity index is 423. The molecular weight excluding hydrogens is 299 g/mol. The molecule has 1 amide bonds. The number of halogens is 2. The lowest BCUT2D eigenvalue weighted by atomic mass is 10.1. The summed E-state index contributed by atoms with van der Waals surface area (Å²) in [6, 6.07) is 4.66. The fourth-order valence-electron chi connectivity index (χ4n) is 1.58. The summed E-state index contributed by atoms with van der Waals surface area (Å²) in [6.45, 7) is 5.80. The number of nitrogens with one attached hydrogen (secondary N) is 2. The zero-order valence-electron chi connectivity index (χ0n) is 10.8. The zero-order chi connectivity index (χ0) is 13.7. The van der Waals surface area contributed by atoms with Crippen molar-refractivity contribution in [3.8, 4) is 0 Å². The van der Waals surface area contributed by atoms with Crippen molar-refractivity contribution in [2.45, 2.75) is 32.9 Å². The lowest BCUT2D eigenvalue weighted by Gasteiger charge is -2.16. The van der Waals surface area contributed by atoms with Crippen LogP contribution in [0.15, 0.2) is 22.7 Å². The van der Waals surface area contributed by atoms with E-state index in [-0.39, 0.29) is 30.4 Å². The third-order valence-electron chi connectivity index (χ3n) is 2.44. The number of carbonyl (C=O) groups excluding carboxylic acids is 1. The minimum Gasteiger partial charge on any atom is -0.353 e. The summed E-state index contributed by atoms with van der Waals surface area (Å²) in [5, 5.41) is 5.77. The van der Waals surface area contributed by atoms with E-state index in [1.807, 2.05) is 20.8 Å². The fourth-order valence-corrected chi connectivity index (χ4v) is 1.95. The lowest BCUT2D eigenvalue weighted by Crippen LogP contribution is -2.38. The van der Waals surface area contributed by atoms with E-state index >= 15 is 0 Å². The number of carbonyl (C=O) groups is 1. The topological polar surface area (TPSA) is 41.1 Å². The molecule has 1 atom stereocenters. The predicted octanol–water partition coefficient (Wildman–Crippen LogP) is 2.76. The van der Waals surface area contributed by atoms with Crippen LogP contribution < -0.4 is 10.6 Å². The smallest absolute Gasteiger partial charge is 0.234 e. The maximum atomic E-state index is 13.6. The summed E-state index contributed by atoms with van der Waals surface area (Å²) in [5.41, 5.74) is 0.543. The molecule has 1 unspecified atom stereocenters. The predicted molar refractivity (Wildman–Crippen MR) is 73.8 cm³/mol. The Hall–Kier alpha value is -0.940. The van der Waals surface area contributed by atoms with Crippen molar-refractivity contribution in [2.75, 3.05) is 6.54 Å². The quantitative estimate of drug-likeness (QED) is 0.877.